The Morgan fingerprint density at radius 3 is 2.60 bits per heavy atom. The molecule has 2 aromatic heterocycles. The number of fused-ring (bicyclic) bond motifs is 1. The average molecular weight is 552 g/mol. The van der Waals surface area contributed by atoms with Gasteiger partial charge in [0.1, 0.15) is 20.8 Å². The Kier molecular flexibility index (Phi) is 7.81. The monoisotopic (exact) mass is 551 g/mol. The third-order valence-electron chi connectivity index (χ3n) is 5.16. The molecule has 1 aliphatic heterocycles. The predicted octanol–water partition coefficient (Wildman–Crippen LogP) is 0.158. The largest absolute Gasteiger partial charge is 1.00 e. The summed E-state index contributed by atoms with van der Waals surface area (Å²) in [6.07, 6.45) is 6.58. The molecular formula is C23H26IN3OS2. The van der Waals surface area contributed by atoms with Gasteiger partial charge in [0, 0.05) is 43.1 Å². The number of halogens is 1. The van der Waals surface area contributed by atoms with Crippen molar-refractivity contribution < 1.29 is 28.5 Å². The van der Waals surface area contributed by atoms with Crippen LogP contribution < -0.4 is 48.2 Å². The van der Waals surface area contributed by atoms with Gasteiger partial charge in [-0.2, -0.15) is 4.57 Å². The van der Waals surface area contributed by atoms with E-state index < -0.39 is 0 Å². The molecule has 0 bridgehead atoms. The van der Waals surface area contributed by atoms with Crippen molar-refractivity contribution in [3.05, 3.63) is 73.9 Å². The molecule has 1 aliphatic rings. The highest BCUT2D eigenvalue weighted by Gasteiger charge is 2.24. The standard InChI is InChI=1S/C23H26N3OS2.HI/c1-4-6-14-25-15-10-9-11-17(25)16-20-26(5-2)22(27)21(29-20)23-24(3)18-12-7-8-13-19(18)28-23;/h7-13,15-16H,4-6,14H2,1-3H3;1H/q+1;/p-1. The fourth-order valence-corrected chi connectivity index (χ4v) is 6.01. The van der Waals surface area contributed by atoms with Crippen molar-refractivity contribution in [3.8, 4) is 0 Å². The molecule has 0 N–H and O–H groups in total. The second kappa shape index (κ2) is 10.2. The summed E-state index contributed by atoms with van der Waals surface area (Å²) in [6.45, 7) is 5.90. The second-order valence-electron chi connectivity index (χ2n) is 7.07. The molecule has 1 aromatic carbocycles. The molecule has 158 valence electrons. The van der Waals surface area contributed by atoms with Crippen LogP contribution in [0.15, 0.2) is 58.4 Å². The third-order valence-corrected chi connectivity index (χ3v) is 7.65. The van der Waals surface area contributed by atoms with Crippen LogP contribution in [0.5, 0.6) is 0 Å². The van der Waals surface area contributed by atoms with Gasteiger partial charge in [0.15, 0.2) is 6.20 Å². The number of unbranched alkanes of at least 4 members (excludes halogenated alkanes) is 1. The van der Waals surface area contributed by atoms with E-state index in [9.17, 15) is 4.79 Å². The van der Waals surface area contributed by atoms with Crippen LogP contribution in [0.25, 0.3) is 11.1 Å². The van der Waals surface area contributed by atoms with Crippen molar-refractivity contribution in [2.45, 2.75) is 44.7 Å². The first-order chi connectivity index (χ1) is 14.1. The Balaban J connectivity index is 0.00000256. The van der Waals surface area contributed by atoms with Crippen molar-refractivity contribution in [2.75, 3.05) is 11.9 Å². The minimum atomic E-state index is 0. The second-order valence-corrected chi connectivity index (χ2v) is 9.13. The van der Waals surface area contributed by atoms with Gasteiger partial charge in [0.05, 0.1) is 5.69 Å². The maximum Gasteiger partial charge on any atom is 0.271 e. The molecule has 0 amide bonds. The maximum atomic E-state index is 13.2. The minimum absolute atomic E-state index is 0. The van der Waals surface area contributed by atoms with E-state index in [4.69, 9.17) is 0 Å². The van der Waals surface area contributed by atoms with Gasteiger partial charge in [-0.3, -0.25) is 9.36 Å². The summed E-state index contributed by atoms with van der Waals surface area (Å²) in [7, 11) is 2.04. The Bertz CT molecular complexity index is 1220. The normalized spacial score (nSPS) is 15.3. The van der Waals surface area contributed by atoms with Gasteiger partial charge in [0.25, 0.3) is 5.56 Å². The number of para-hydroxylation sites is 1. The quantitative estimate of drug-likeness (QED) is 0.335. The van der Waals surface area contributed by atoms with Crippen LogP contribution in [-0.4, -0.2) is 11.6 Å². The molecule has 0 spiro atoms. The van der Waals surface area contributed by atoms with Gasteiger partial charge < -0.3 is 28.9 Å². The van der Waals surface area contributed by atoms with Crippen molar-refractivity contribution >= 4 is 39.9 Å². The van der Waals surface area contributed by atoms with Crippen molar-refractivity contribution in [1.29, 1.82) is 0 Å². The van der Waals surface area contributed by atoms with Crippen molar-refractivity contribution in [3.63, 3.8) is 0 Å². The van der Waals surface area contributed by atoms with Crippen molar-refractivity contribution in [2.24, 2.45) is 0 Å². The Labute approximate surface area is 202 Å². The van der Waals surface area contributed by atoms with E-state index in [1.54, 1.807) is 23.1 Å². The first-order valence-electron chi connectivity index (χ1n) is 10.1. The zero-order valence-electron chi connectivity index (χ0n) is 17.5. The van der Waals surface area contributed by atoms with Gasteiger partial charge in [-0.1, -0.05) is 37.2 Å². The number of anilines is 1. The molecule has 3 aromatic rings. The summed E-state index contributed by atoms with van der Waals surface area (Å²) >= 11 is 3.28. The fraction of sp³-hybridized carbons (Fsp3) is 0.304. The van der Waals surface area contributed by atoms with E-state index in [0.29, 0.717) is 6.54 Å². The van der Waals surface area contributed by atoms with E-state index in [1.165, 1.54) is 4.90 Å². The number of hydrogen-bond donors (Lipinski definition) is 0. The first kappa shape index (κ1) is 23.1. The Morgan fingerprint density at radius 2 is 1.87 bits per heavy atom. The number of aryl methyl sites for hydroxylation is 1. The van der Waals surface area contributed by atoms with Crippen molar-refractivity contribution in [1.82, 2.24) is 4.57 Å². The average Bonchev–Trinajstić information content (AvgIpc) is 3.23. The first-order valence-corrected chi connectivity index (χ1v) is 11.7. The molecule has 0 atom stereocenters. The lowest BCUT2D eigenvalue weighted by atomic mass is 10.3. The van der Waals surface area contributed by atoms with Crippen LogP contribution in [-0.2, 0) is 13.1 Å². The highest BCUT2D eigenvalue weighted by Crippen LogP contribution is 2.44. The lowest BCUT2D eigenvalue weighted by Crippen LogP contribution is -3.00. The molecule has 0 saturated heterocycles. The minimum Gasteiger partial charge on any atom is -1.00 e. The molecule has 4 nitrogen and oxygen atoms in total. The number of pyridine rings is 1. The molecule has 0 aliphatic carbocycles. The molecule has 0 saturated carbocycles. The molecule has 7 heteroatoms. The summed E-state index contributed by atoms with van der Waals surface area (Å²) in [5.41, 5.74) is 2.40. The van der Waals surface area contributed by atoms with E-state index in [1.807, 2.05) is 30.7 Å². The Hall–Kier alpha value is -1.58. The van der Waals surface area contributed by atoms with Gasteiger partial charge in [-0.05, 0) is 25.1 Å². The maximum absolute atomic E-state index is 13.2. The predicted molar refractivity (Wildman–Crippen MR) is 123 cm³/mol. The smallest absolute Gasteiger partial charge is 0.271 e. The number of benzene rings is 1. The topological polar surface area (TPSA) is 29.1 Å². The van der Waals surface area contributed by atoms with Crippen LogP contribution in [0.4, 0.5) is 5.69 Å². The molecule has 0 radical (unpaired) electrons. The highest BCUT2D eigenvalue weighted by atomic mass is 127. The molecule has 4 rings (SSSR count). The number of rotatable bonds is 5. The molecule has 0 fully saturated rings. The number of thiazole rings is 1. The lowest BCUT2D eigenvalue weighted by molar-refractivity contribution is -0.699. The van der Waals surface area contributed by atoms with Gasteiger partial charge >= 0.3 is 0 Å². The Morgan fingerprint density at radius 1 is 1.10 bits per heavy atom. The number of aromatic nitrogens is 2. The number of hydrogen-bond acceptors (Lipinski definition) is 4. The zero-order chi connectivity index (χ0) is 20.4. The number of nitrogens with zero attached hydrogens (tertiary/aromatic N) is 3. The van der Waals surface area contributed by atoms with Gasteiger partial charge in [-0.25, -0.2) is 0 Å². The van der Waals surface area contributed by atoms with Crippen LogP contribution in [0, 0.1) is 0 Å². The highest BCUT2D eigenvalue weighted by molar-refractivity contribution is 8.08. The third kappa shape index (κ3) is 4.38. The SMILES string of the molecule is CCCC[n+]1ccccc1C=c1sc(=C2Sc3ccccc3N2C)c(=O)n1CC.[I-]. The molecular weight excluding hydrogens is 525 g/mol. The summed E-state index contributed by atoms with van der Waals surface area (Å²) < 4.78 is 5.98. The van der Waals surface area contributed by atoms with E-state index in [0.717, 1.165) is 45.0 Å². The summed E-state index contributed by atoms with van der Waals surface area (Å²) in [5.74, 6) is 0. The van der Waals surface area contributed by atoms with E-state index >= 15 is 0 Å². The summed E-state index contributed by atoms with van der Waals surface area (Å²) in [6, 6.07) is 14.6. The lowest BCUT2D eigenvalue weighted by Gasteiger charge is -2.11. The molecule has 30 heavy (non-hydrogen) atoms. The molecule has 3 heterocycles. The van der Waals surface area contributed by atoms with E-state index in [-0.39, 0.29) is 29.5 Å². The molecule has 0 unspecified atom stereocenters. The van der Waals surface area contributed by atoms with Gasteiger partial charge in [0.2, 0.25) is 5.69 Å². The fourth-order valence-electron chi connectivity index (χ4n) is 3.55. The van der Waals surface area contributed by atoms with Gasteiger partial charge in [-0.15, -0.1) is 11.3 Å². The zero-order valence-corrected chi connectivity index (χ0v) is 21.3. The van der Waals surface area contributed by atoms with Crippen LogP contribution in [0.2, 0.25) is 0 Å². The summed E-state index contributed by atoms with van der Waals surface area (Å²) in [4.78, 5) is 16.6. The summed E-state index contributed by atoms with van der Waals surface area (Å²) in [5, 5.41) is 1.02. The van der Waals surface area contributed by atoms with Crippen LogP contribution in [0.1, 0.15) is 32.4 Å². The van der Waals surface area contributed by atoms with Crippen LogP contribution >= 0.6 is 23.1 Å². The van der Waals surface area contributed by atoms with Crippen LogP contribution in [0.3, 0.4) is 0 Å². The van der Waals surface area contributed by atoms with E-state index in [2.05, 4.69) is 59.0 Å². The number of thioether (sulfide) groups is 1.